The average Bonchev–Trinajstić information content (AvgIpc) is 3.41. The number of amides is 1. The van der Waals surface area contributed by atoms with Crippen molar-refractivity contribution in [2.75, 3.05) is 20.3 Å². The number of hydrogen-bond acceptors (Lipinski definition) is 6. The fourth-order valence-corrected chi connectivity index (χ4v) is 4.98. The monoisotopic (exact) mass is 568 g/mol. The lowest BCUT2D eigenvalue weighted by molar-refractivity contribution is -0.129. The quantitative estimate of drug-likeness (QED) is 0.223. The van der Waals surface area contributed by atoms with Crippen molar-refractivity contribution in [1.82, 2.24) is 5.32 Å². The van der Waals surface area contributed by atoms with E-state index in [2.05, 4.69) is 5.32 Å². The third-order valence-corrected chi connectivity index (χ3v) is 7.09. The molecule has 42 heavy (non-hydrogen) atoms. The molecular formula is C34H33FN2O5. The molecule has 4 aromatic carbocycles. The van der Waals surface area contributed by atoms with Crippen LogP contribution in [0.4, 0.5) is 4.39 Å². The number of aliphatic hydroxyl groups is 1. The van der Waals surface area contributed by atoms with E-state index in [1.807, 2.05) is 66.7 Å². The van der Waals surface area contributed by atoms with Crippen LogP contribution in [-0.4, -0.2) is 42.8 Å². The Hall–Kier alpha value is -4.69. The largest absolute Gasteiger partial charge is 0.497 e. The Morgan fingerprint density at radius 3 is 2.45 bits per heavy atom. The molecule has 0 radical (unpaired) electrons. The maximum Gasteiger partial charge on any atom is 0.252 e. The van der Waals surface area contributed by atoms with Gasteiger partial charge in [0.05, 0.1) is 13.7 Å². The molecule has 0 unspecified atom stereocenters. The lowest BCUT2D eigenvalue weighted by atomic mass is 9.82. The molecule has 5 rings (SSSR count). The summed E-state index contributed by atoms with van der Waals surface area (Å²) in [6.45, 7) is 0.582. The van der Waals surface area contributed by atoms with Gasteiger partial charge in [-0.05, 0) is 65.2 Å². The number of carbonyl (C=O) groups excluding carboxylic acids is 1. The fourth-order valence-electron chi connectivity index (χ4n) is 4.98. The first-order valence-electron chi connectivity index (χ1n) is 13.8. The Bertz CT molecular complexity index is 1530. The van der Waals surface area contributed by atoms with Crippen LogP contribution in [0.5, 0.6) is 11.5 Å². The van der Waals surface area contributed by atoms with Crippen LogP contribution >= 0.6 is 0 Å². The number of ether oxygens (including phenoxy) is 3. The van der Waals surface area contributed by atoms with E-state index in [1.54, 1.807) is 31.4 Å². The predicted molar refractivity (Wildman–Crippen MR) is 158 cm³/mol. The predicted octanol–water partition coefficient (Wildman–Crippen LogP) is 5.41. The van der Waals surface area contributed by atoms with Crippen molar-refractivity contribution >= 4 is 11.8 Å². The fraction of sp³-hybridized carbons (Fsp3) is 0.235. The molecule has 2 N–H and O–H groups in total. The van der Waals surface area contributed by atoms with Gasteiger partial charge in [-0.25, -0.2) is 9.38 Å². The number of nitrogens with one attached hydrogen (secondary N) is 1. The molecule has 1 heterocycles. The lowest BCUT2D eigenvalue weighted by Crippen LogP contribution is -2.49. The summed E-state index contributed by atoms with van der Waals surface area (Å²) in [5.74, 6) is 0.883. The number of aliphatic hydroxyl groups excluding tert-OH is 1. The highest BCUT2D eigenvalue weighted by Gasteiger charge is 2.53. The Labute approximate surface area is 244 Å². The molecule has 216 valence electrons. The number of benzene rings is 4. The van der Waals surface area contributed by atoms with Gasteiger partial charge in [0.25, 0.3) is 5.91 Å². The van der Waals surface area contributed by atoms with Crippen LogP contribution in [0.2, 0.25) is 0 Å². The summed E-state index contributed by atoms with van der Waals surface area (Å²) < 4.78 is 31.6. The molecule has 8 heteroatoms. The number of aliphatic imine (C=N–C) groups is 1. The maximum absolute atomic E-state index is 14.3. The molecule has 0 saturated heterocycles. The van der Waals surface area contributed by atoms with Gasteiger partial charge in [-0.3, -0.25) is 4.79 Å². The molecule has 0 saturated carbocycles. The van der Waals surface area contributed by atoms with Gasteiger partial charge in [0, 0.05) is 31.6 Å². The number of rotatable bonds is 12. The van der Waals surface area contributed by atoms with Gasteiger partial charge < -0.3 is 24.6 Å². The normalized spacial score (nSPS) is 17.7. The third kappa shape index (κ3) is 6.61. The van der Waals surface area contributed by atoms with E-state index in [4.69, 9.17) is 24.3 Å². The minimum Gasteiger partial charge on any atom is -0.497 e. The second kappa shape index (κ2) is 13.3. The van der Waals surface area contributed by atoms with E-state index in [0.29, 0.717) is 41.6 Å². The molecule has 0 bridgehead atoms. The van der Waals surface area contributed by atoms with E-state index < -0.39 is 11.6 Å². The Kier molecular flexibility index (Phi) is 9.14. The lowest BCUT2D eigenvalue weighted by Gasteiger charge is -2.31. The molecule has 1 amide bonds. The van der Waals surface area contributed by atoms with Gasteiger partial charge in [0.15, 0.2) is 11.6 Å². The highest BCUT2D eigenvalue weighted by Crippen LogP contribution is 2.43. The number of carbonyl (C=O) groups is 1. The van der Waals surface area contributed by atoms with Crippen LogP contribution in [-0.2, 0) is 22.5 Å². The van der Waals surface area contributed by atoms with Crippen molar-refractivity contribution in [1.29, 1.82) is 0 Å². The van der Waals surface area contributed by atoms with Crippen LogP contribution in [0, 0.1) is 5.82 Å². The van der Waals surface area contributed by atoms with Gasteiger partial charge in [0.2, 0.25) is 5.90 Å². The van der Waals surface area contributed by atoms with Gasteiger partial charge in [-0.15, -0.1) is 0 Å². The molecule has 1 aliphatic heterocycles. The van der Waals surface area contributed by atoms with E-state index >= 15 is 0 Å². The minimum absolute atomic E-state index is 0.0547. The summed E-state index contributed by atoms with van der Waals surface area (Å²) in [4.78, 5) is 19.3. The zero-order valence-corrected chi connectivity index (χ0v) is 23.3. The number of halogens is 1. The van der Waals surface area contributed by atoms with E-state index in [1.165, 1.54) is 12.1 Å². The van der Waals surface area contributed by atoms with Gasteiger partial charge in [-0.1, -0.05) is 54.6 Å². The van der Waals surface area contributed by atoms with E-state index in [0.717, 1.165) is 11.1 Å². The molecular weight excluding hydrogens is 535 g/mol. The average molecular weight is 569 g/mol. The minimum atomic E-state index is -1.38. The van der Waals surface area contributed by atoms with Gasteiger partial charge in [0.1, 0.15) is 17.3 Å². The van der Waals surface area contributed by atoms with Crippen LogP contribution in [0.25, 0.3) is 0 Å². The summed E-state index contributed by atoms with van der Waals surface area (Å²) >= 11 is 0. The van der Waals surface area contributed by atoms with Crippen LogP contribution < -0.4 is 14.8 Å². The second-order valence-corrected chi connectivity index (χ2v) is 10.0. The zero-order chi connectivity index (χ0) is 29.4. The summed E-state index contributed by atoms with van der Waals surface area (Å²) in [6.07, 6.45) is 0.0131. The molecule has 2 atom stereocenters. The molecule has 0 aliphatic carbocycles. The van der Waals surface area contributed by atoms with Crippen molar-refractivity contribution < 1.29 is 28.5 Å². The number of methoxy groups -OCH3 is 1. The maximum atomic E-state index is 14.3. The molecule has 0 spiro atoms. The third-order valence-electron chi connectivity index (χ3n) is 7.09. The number of hydrogen-bond donors (Lipinski definition) is 2. The number of nitrogens with zero attached hydrogens (tertiary/aromatic N) is 1. The van der Waals surface area contributed by atoms with Gasteiger partial charge >= 0.3 is 0 Å². The van der Waals surface area contributed by atoms with Crippen LogP contribution in [0.15, 0.2) is 108 Å². The standard InChI is InChI=1S/C34H33FN2O5/c1-40-30-13-6-11-27(21-30)31-34(22-24-8-3-2-4-9-24,33(39)36-23-25-10-5-12-28(35)20-25)37-32(42-31)26-14-16-29(17-15-26)41-19-7-18-38/h2-6,8-17,20-21,31,38H,7,18-19,22-23H2,1H3,(H,36,39)/t31-,34-/m1/s1. The Balaban J connectivity index is 1.55. The summed E-state index contributed by atoms with van der Waals surface area (Å²) in [5.41, 5.74) is 1.58. The van der Waals surface area contributed by atoms with Crippen LogP contribution in [0.3, 0.4) is 0 Å². The van der Waals surface area contributed by atoms with Crippen molar-refractivity contribution in [3.8, 4) is 11.5 Å². The van der Waals surface area contributed by atoms with Crippen molar-refractivity contribution in [3.05, 3.63) is 131 Å². The Morgan fingerprint density at radius 2 is 1.71 bits per heavy atom. The van der Waals surface area contributed by atoms with Crippen molar-refractivity contribution in [2.24, 2.45) is 4.99 Å². The summed E-state index contributed by atoms with van der Waals surface area (Å²) in [5, 5.41) is 12.0. The molecule has 0 fully saturated rings. The molecule has 4 aromatic rings. The first kappa shape index (κ1) is 28.8. The topological polar surface area (TPSA) is 89.4 Å². The first-order valence-corrected chi connectivity index (χ1v) is 13.8. The van der Waals surface area contributed by atoms with Gasteiger partial charge in [-0.2, -0.15) is 0 Å². The smallest absolute Gasteiger partial charge is 0.252 e. The molecule has 7 nitrogen and oxygen atoms in total. The first-order chi connectivity index (χ1) is 20.5. The zero-order valence-electron chi connectivity index (χ0n) is 23.3. The van der Waals surface area contributed by atoms with E-state index in [-0.39, 0.29) is 31.3 Å². The van der Waals surface area contributed by atoms with Crippen molar-refractivity contribution in [2.45, 2.75) is 31.0 Å². The summed E-state index contributed by atoms with van der Waals surface area (Å²) in [7, 11) is 1.59. The van der Waals surface area contributed by atoms with Crippen LogP contribution in [0.1, 0.15) is 34.8 Å². The highest BCUT2D eigenvalue weighted by atomic mass is 19.1. The van der Waals surface area contributed by atoms with Crippen molar-refractivity contribution in [3.63, 3.8) is 0 Å². The summed E-state index contributed by atoms with van der Waals surface area (Å²) in [6, 6.07) is 30.5. The second-order valence-electron chi connectivity index (χ2n) is 10.0. The SMILES string of the molecule is COc1cccc([C@H]2OC(c3ccc(OCCCO)cc3)=N[C@@]2(Cc2ccccc2)C(=O)NCc2cccc(F)c2)c1. The molecule has 0 aromatic heterocycles. The molecule has 1 aliphatic rings. The Morgan fingerprint density at radius 1 is 0.952 bits per heavy atom. The highest BCUT2D eigenvalue weighted by molar-refractivity contribution is 6.01. The van der Waals surface area contributed by atoms with E-state index in [9.17, 15) is 9.18 Å².